The lowest BCUT2D eigenvalue weighted by Crippen LogP contribution is -2.41. The summed E-state index contributed by atoms with van der Waals surface area (Å²) in [6, 6.07) is 1.35. The van der Waals surface area contributed by atoms with Crippen LogP contribution in [0.3, 0.4) is 0 Å². The van der Waals surface area contributed by atoms with E-state index in [1.165, 1.54) is 48.8 Å². The zero-order valence-electron chi connectivity index (χ0n) is 13.8. The minimum atomic E-state index is -1.68. The molecule has 3 heteroatoms. The van der Waals surface area contributed by atoms with Crippen LogP contribution in [0.4, 0.5) is 0 Å². The van der Waals surface area contributed by atoms with Gasteiger partial charge in [0.2, 0.25) is 0 Å². The lowest BCUT2D eigenvalue weighted by atomic mass is 9.87. The van der Waals surface area contributed by atoms with Crippen LogP contribution in [0.2, 0.25) is 6.04 Å². The fraction of sp³-hybridized carbons (Fsp3) is 0.765. The third-order valence-corrected chi connectivity index (χ3v) is 7.77. The van der Waals surface area contributed by atoms with E-state index < -0.39 is 8.84 Å². The van der Waals surface area contributed by atoms with Crippen LogP contribution in [-0.4, -0.2) is 26.5 Å². The summed E-state index contributed by atoms with van der Waals surface area (Å²) >= 11 is 0. The second-order valence-corrected chi connectivity index (χ2v) is 8.81. The maximum Gasteiger partial charge on any atom is 0.395 e. The Bertz CT molecular complexity index is 460. The van der Waals surface area contributed by atoms with Crippen molar-refractivity contribution in [2.75, 3.05) is 7.05 Å². The molecule has 0 amide bonds. The molecule has 0 bridgehead atoms. The first kappa shape index (κ1) is 15.7. The van der Waals surface area contributed by atoms with Crippen molar-refractivity contribution in [3.63, 3.8) is 0 Å². The first-order chi connectivity index (χ1) is 9.35. The van der Waals surface area contributed by atoms with Gasteiger partial charge in [-0.1, -0.05) is 43.4 Å². The molecule has 1 unspecified atom stereocenters. The molecule has 2 rings (SSSR count). The fourth-order valence-electron chi connectivity index (χ4n) is 3.71. The summed E-state index contributed by atoms with van der Waals surface area (Å²) in [6.45, 7) is 8.82. The lowest BCUT2D eigenvalue weighted by molar-refractivity contribution is 0.269. The van der Waals surface area contributed by atoms with Crippen LogP contribution in [0.25, 0.3) is 0 Å². The standard InChI is InChI=1S/C17H29NOSi/c1-13-11-17(4,15(3)14(13)2)12-20(19)18(5)16-9-7-6-8-10-16/h11,16H,6-10,12H2,1-5H3. The molecule has 0 aromatic carbocycles. The quantitative estimate of drug-likeness (QED) is 0.712. The molecule has 20 heavy (non-hydrogen) atoms. The van der Waals surface area contributed by atoms with E-state index in [4.69, 9.17) is 0 Å². The second kappa shape index (κ2) is 5.96. The molecule has 0 aromatic rings. The molecule has 112 valence electrons. The number of hydrogen-bond acceptors (Lipinski definition) is 1. The van der Waals surface area contributed by atoms with E-state index in [-0.39, 0.29) is 5.41 Å². The topological polar surface area (TPSA) is 20.3 Å². The fourth-order valence-corrected chi connectivity index (χ4v) is 5.62. The Morgan fingerprint density at radius 3 is 2.35 bits per heavy atom. The molecular formula is C17H29NOSi. The molecule has 2 aliphatic rings. The van der Waals surface area contributed by atoms with Gasteiger partial charge in [0.25, 0.3) is 0 Å². The Labute approximate surface area is 125 Å². The smallest absolute Gasteiger partial charge is 0.377 e. The van der Waals surface area contributed by atoms with E-state index in [1.54, 1.807) is 0 Å². The molecule has 0 heterocycles. The third-order valence-electron chi connectivity index (χ3n) is 5.58. The summed E-state index contributed by atoms with van der Waals surface area (Å²) in [7, 11) is 0.400. The molecular weight excluding hydrogens is 262 g/mol. The van der Waals surface area contributed by atoms with Crippen LogP contribution in [0, 0.1) is 5.41 Å². The Hall–Kier alpha value is -0.703. The van der Waals surface area contributed by atoms with Gasteiger partial charge in [0.05, 0.1) is 0 Å². The van der Waals surface area contributed by atoms with Gasteiger partial charge in [-0.15, -0.1) is 0 Å². The van der Waals surface area contributed by atoms with Crippen molar-refractivity contribution >= 4 is 8.84 Å². The number of rotatable bonds is 4. The molecule has 1 atom stereocenters. The number of nitrogens with zero attached hydrogens (tertiary/aromatic N) is 1. The van der Waals surface area contributed by atoms with E-state index in [0.717, 1.165) is 6.04 Å². The minimum absolute atomic E-state index is 0.00708. The van der Waals surface area contributed by atoms with Crippen LogP contribution in [0.5, 0.6) is 0 Å². The first-order valence-electron chi connectivity index (χ1n) is 7.98. The van der Waals surface area contributed by atoms with Gasteiger partial charge in [0, 0.05) is 24.5 Å². The lowest BCUT2D eigenvalue weighted by Gasteiger charge is -2.33. The molecule has 1 saturated carbocycles. The molecule has 0 N–H and O–H groups in total. The average molecular weight is 292 g/mol. The van der Waals surface area contributed by atoms with E-state index in [9.17, 15) is 4.46 Å². The summed E-state index contributed by atoms with van der Waals surface area (Å²) in [5.41, 5.74) is 4.17. The second-order valence-electron chi connectivity index (χ2n) is 6.97. The van der Waals surface area contributed by atoms with Crippen LogP contribution < -0.4 is 0 Å². The van der Waals surface area contributed by atoms with E-state index in [1.807, 2.05) is 0 Å². The molecule has 0 aromatic heterocycles. The average Bonchev–Trinajstić information content (AvgIpc) is 2.62. The molecule has 1 fully saturated rings. The van der Waals surface area contributed by atoms with Crippen molar-refractivity contribution in [1.29, 1.82) is 0 Å². The zero-order valence-corrected chi connectivity index (χ0v) is 14.8. The summed E-state index contributed by atoms with van der Waals surface area (Å²) in [5.74, 6) is 0. The SMILES string of the molecule is CC1=CC(C)(C[Si](=O)N(C)C2CCCCC2)C(C)=C1C. The summed E-state index contributed by atoms with van der Waals surface area (Å²) in [6.07, 6.45) is 8.75. The summed E-state index contributed by atoms with van der Waals surface area (Å²) in [4.78, 5) is 0. The van der Waals surface area contributed by atoms with Gasteiger partial charge >= 0.3 is 8.84 Å². The third kappa shape index (κ3) is 2.97. The first-order valence-corrected chi connectivity index (χ1v) is 9.55. The highest BCUT2D eigenvalue weighted by atomic mass is 28.3. The molecule has 2 nitrogen and oxygen atoms in total. The summed E-state index contributed by atoms with van der Waals surface area (Å²) < 4.78 is 15.0. The Morgan fingerprint density at radius 1 is 1.25 bits per heavy atom. The highest BCUT2D eigenvalue weighted by Gasteiger charge is 2.36. The van der Waals surface area contributed by atoms with Crippen molar-refractivity contribution in [3.05, 3.63) is 22.8 Å². The highest BCUT2D eigenvalue weighted by Crippen LogP contribution is 2.43. The highest BCUT2D eigenvalue weighted by molar-refractivity contribution is 6.39. The van der Waals surface area contributed by atoms with Crippen molar-refractivity contribution in [1.82, 2.24) is 4.57 Å². The molecule has 0 radical (unpaired) electrons. The maximum atomic E-state index is 12.8. The maximum absolute atomic E-state index is 12.8. The Morgan fingerprint density at radius 2 is 1.85 bits per heavy atom. The summed E-state index contributed by atoms with van der Waals surface area (Å²) in [5, 5.41) is 0. The van der Waals surface area contributed by atoms with Crippen molar-refractivity contribution in [3.8, 4) is 0 Å². The van der Waals surface area contributed by atoms with Crippen molar-refractivity contribution < 1.29 is 4.46 Å². The van der Waals surface area contributed by atoms with Gasteiger partial charge < -0.3 is 9.03 Å². The molecule has 0 aliphatic heterocycles. The molecule has 0 saturated heterocycles. The van der Waals surface area contributed by atoms with Gasteiger partial charge in [-0.3, -0.25) is 0 Å². The zero-order chi connectivity index (χ0) is 14.9. The Balaban J connectivity index is 2.04. The van der Waals surface area contributed by atoms with Crippen LogP contribution in [0.1, 0.15) is 59.8 Å². The minimum Gasteiger partial charge on any atom is -0.377 e. The molecule has 2 aliphatic carbocycles. The predicted octanol–water partition coefficient (Wildman–Crippen LogP) is 4.47. The Kier molecular flexibility index (Phi) is 4.68. The van der Waals surface area contributed by atoms with Gasteiger partial charge in [-0.05, 0) is 39.2 Å². The predicted molar refractivity (Wildman–Crippen MR) is 86.1 cm³/mol. The van der Waals surface area contributed by atoms with Gasteiger partial charge in [-0.2, -0.15) is 0 Å². The monoisotopic (exact) mass is 291 g/mol. The van der Waals surface area contributed by atoms with Crippen LogP contribution in [0.15, 0.2) is 22.8 Å². The van der Waals surface area contributed by atoms with E-state index in [0.29, 0.717) is 6.04 Å². The van der Waals surface area contributed by atoms with E-state index >= 15 is 0 Å². The number of hydrogen-bond donors (Lipinski definition) is 0. The van der Waals surface area contributed by atoms with Crippen LogP contribution >= 0.6 is 0 Å². The normalized spacial score (nSPS) is 27.8. The largest absolute Gasteiger partial charge is 0.395 e. The van der Waals surface area contributed by atoms with Gasteiger partial charge in [-0.25, -0.2) is 0 Å². The van der Waals surface area contributed by atoms with Crippen molar-refractivity contribution in [2.24, 2.45) is 5.41 Å². The van der Waals surface area contributed by atoms with Gasteiger partial charge in [0.1, 0.15) is 0 Å². The van der Waals surface area contributed by atoms with Crippen molar-refractivity contribution in [2.45, 2.75) is 71.9 Å². The molecule has 0 spiro atoms. The number of allylic oxidation sites excluding steroid dienone is 4. The van der Waals surface area contributed by atoms with Crippen LogP contribution in [-0.2, 0) is 4.46 Å². The van der Waals surface area contributed by atoms with E-state index in [2.05, 4.69) is 45.4 Å². The van der Waals surface area contributed by atoms with Gasteiger partial charge in [0.15, 0.2) is 0 Å².